The van der Waals surface area contributed by atoms with Crippen LogP contribution in [0.3, 0.4) is 0 Å². The Balaban J connectivity index is 1.98. The Hall–Kier alpha value is -1.76. The summed E-state index contributed by atoms with van der Waals surface area (Å²) in [6.45, 7) is 6.47. The van der Waals surface area contributed by atoms with Gasteiger partial charge in [-0.1, -0.05) is 0 Å². The highest BCUT2D eigenvalue weighted by Crippen LogP contribution is 2.19. The van der Waals surface area contributed by atoms with Gasteiger partial charge in [-0.2, -0.15) is 13.2 Å². The van der Waals surface area contributed by atoms with Gasteiger partial charge in [0.15, 0.2) is 0 Å². The summed E-state index contributed by atoms with van der Waals surface area (Å²) in [6, 6.07) is 7.45. The van der Waals surface area contributed by atoms with Gasteiger partial charge in [0.25, 0.3) is 5.91 Å². The fraction of sp³-hybridized carbons (Fsp3) is 0.611. The highest BCUT2D eigenvalue weighted by molar-refractivity contribution is 5.94. The van der Waals surface area contributed by atoms with Crippen LogP contribution in [0.1, 0.15) is 30.6 Å². The third-order valence-electron chi connectivity index (χ3n) is 4.52. The van der Waals surface area contributed by atoms with Crippen molar-refractivity contribution in [3.63, 3.8) is 0 Å². The largest absolute Gasteiger partial charge is 0.401 e. The Morgan fingerprint density at radius 1 is 1.04 bits per heavy atom. The number of amides is 1. The number of halogens is 3. The first-order chi connectivity index (χ1) is 11.8. The van der Waals surface area contributed by atoms with Gasteiger partial charge in [0, 0.05) is 50.5 Å². The summed E-state index contributed by atoms with van der Waals surface area (Å²) in [5, 5.41) is 0. The van der Waals surface area contributed by atoms with E-state index in [2.05, 4.69) is 18.7 Å². The normalized spacial score (nSPS) is 16.6. The van der Waals surface area contributed by atoms with Gasteiger partial charge in [0.05, 0.1) is 6.54 Å². The van der Waals surface area contributed by atoms with E-state index in [-0.39, 0.29) is 12.5 Å². The van der Waals surface area contributed by atoms with Crippen molar-refractivity contribution in [1.82, 2.24) is 9.80 Å². The maximum Gasteiger partial charge on any atom is 0.401 e. The number of anilines is 1. The summed E-state index contributed by atoms with van der Waals surface area (Å²) in [6.07, 6.45) is -3.64. The first-order valence-corrected chi connectivity index (χ1v) is 8.77. The standard InChI is InChI=1S/C18H26F3N3O/c1-3-23(4-2)16-8-6-15(7-9-16)17(25)24-11-5-10-22(12-13-24)14-18(19,20)21/h6-9H,3-5,10-14H2,1-2H3. The topological polar surface area (TPSA) is 26.8 Å². The third kappa shape index (κ3) is 5.63. The van der Waals surface area contributed by atoms with E-state index in [0.717, 1.165) is 18.8 Å². The van der Waals surface area contributed by atoms with Crippen LogP contribution >= 0.6 is 0 Å². The molecule has 1 heterocycles. The molecule has 0 aromatic heterocycles. The molecule has 0 saturated carbocycles. The van der Waals surface area contributed by atoms with Crippen molar-refractivity contribution in [2.24, 2.45) is 0 Å². The molecule has 0 spiro atoms. The van der Waals surface area contributed by atoms with Gasteiger partial charge in [-0.25, -0.2) is 0 Å². The van der Waals surface area contributed by atoms with Crippen molar-refractivity contribution in [1.29, 1.82) is 0 Å². The molecule has 0 unspecified atom stereocenters. The molecule has 1 aromatic rings. The molecule has 140 valence electrons. The van der Waals surface area contributed by atoms with E-state index in [0.29, 0.717) is 31.6 Å². The minimum absolute atomic E-state index is 0.111. The monoisotopic (exact) mass is 357 g/mol. The molecule has 1 fully saturated rings. The number of rotatable bonds is 5. The van der Waals surface area contributed by atoms with E-state index in [1.54, 1.807) is 17.0 Å². The smallest absolute Gasteiger partial charge is 0.372 e. The Morgan fingerprint density at radius 2 is 1.68 bits per heavy atom. The molecule has 0 atom stereocenters. The zero-order valence-electron chi connectivity index (χ0n) is 14.9. The zero-order chi connectivity index (χ0) is 18.4. The van der Waals surface area contributed by atoms with Gasteiger partial charge in [-0.15, -0.1) is 0 Å². The molecule has 2 rings (SSSR count). The molecule has 25 heavy (non-hydrogen) atoms. The van der Waals surface area contributed by atoms with E-state index < -0.39 is 12.7 Å². The first-order valence-electron chi connectivity index (χ1n) is 8.77. The van der Waals surface area contributed by atoms with Crippen LogP contribution in [0.2, 0.25) is 0 Å². The summed E-state index contributed by atoms with van der Waals surface area (Å²) in [4.78, 5) is 17.9. The molecular formula is C18H26F3N3O. The second-order valence-corrected chi connectivity index (χ2v) is 6.26. The molecule has 1 amide bonds. The van der Waals surface area contributed by atoms with Crippen molar-refractivity contribution in [2.75, 3.05) is 50.7 Å². The molecule has 1 aromatic carbocycles. The lowest BCUT2D eigenvalue weighted by Crippen LogP contribution is -2.38. The van der Waals surface area contributed by atoms with Gasteiger partial charge in [0.1, 0.15) is 0 Å². The first kappa shape index (κ1) is 19.6. The van der Waals surface area contributed by atoms with Crippen molar-refractivity contribution in [3.05, 3.63) is 29.8 Å². The van der Waals surface area contributed by atoms with E-state index in [9.17, 15) is 18.0 Å². The average molecular weight is 357 g/mol. The van der Waals surface area contributed by atoms with Crippen LogP contribution in [0.15, 0.2) is 24.3 Å². The Morgan fingerprint density at radius 3 is 2.24 bits per heavy atom. The predicted molar refractivity (Wildman–Crippen MR) is 93.0 cm³/mol. The van der Waals surface area contributed by atoms with E-state index >= 15 is 0 Å². The van der Waals surface area contributed by atoms with E-state index in [4.69, 9.17) is 0 Å². The summed E-state index contributed by atoms with van der Waals surface area (Å²) in [5.74, 6) is -0.111. The van der Waals surface area contributed by atoms with Gasteiger partial charge >= 0.3 is 6.18 Å². The summed E-state index contributed by atoms with van der Waals surface area (Å²) < 4.78 is 37.6. The average Bonchev–Trinajstić information content (AvgIpc) is 2.80. The molecule has 0 aliphatic carbocycles. The molecule has 1 saturated heterocycles. The maximum atomic E-state index is 12.6. The number of carbonyl (C=O) groups is 1. The van der Waals surface area contributed by atoms with Crippen LogP contribution in [0, 0.1) is 0 Å². The second-order valence-electron chi connectivity index (χ2n) is 6.26. The number of hydrogen-bond donors (Lipinski definition) is 0. The molecule has 1 aliphatic rings. The minimum Gasteiger partial charge on any atom is -0.372 e. The predicted octanol–water partition coefficient (Wildman–Crippen LogP) is 3.24. The maximum absolute atomic E-state index is 12.6. The Kier molecular flexibility index (Phi) is 6.70. The fourth-order valence-electron chi connectivity index (χ4n) is 3.17. The highest BCUT2D eigenvalue weighted by Gasteiger charge is 2.31. The van der Waals surface area contributed by atoms with E-state index in [1.807, 2.05) is 12.1 Å². The number of hydrogen-bond acceptors (Lipinski definition) is 3. The molecule has 1 aliphatic heterocycles. The van der Waals surface area contributed by atoms with Crippen LogP contribution in [-0.2, 0) is 0 Å². The van der Waals surface area contributed by atoms with Gasteiger partial charge in [0.2, 0.25) is 0 Å². The second kappa shape index (κ2) is 8.56. The Bertz CT molecular complexity index is 556. The quantitative estimate of drug-likeness (QED) is 0.809. The Labute approximate surface area is 147 Å². The SMILES string of the molecule is CCN(CC)c1ccc(C(=O)N2CCCN(CC(F)(F)F)CC2)cc1. The highest BCUT2D eigenvalue weighted by atomic mass is 19.4. The molecule has 7 heteroatoms. The number of benzene rings is 1. The lowest BCUT2D eigenvalue weighted by atomic mass is 10.1. The number of carbonyl (C=O) groups excluding carboxylic acids is 1. The van der Waals surface area contributed by atoms with Crippen molar-refractivity contribution >= 4 is 11.6 Å². The lowest BCUT2D eigenvalue weighted by Gasteiger charge is -2.24. The summed E-state index contributed by atoms with van der Waals surface area (Å²) in [7, 11) is 0. The van der Waals surface area contributed by atoms with Gasteiger partial charge in [-0.05, 0) is 44.5 Å². The van der Waals surface area contributed by atoms with E-state index in [1.165, 1.54) is 4.90 Å². The minimum atomic E-state index is -4.20. The molecule has 4 nitrogen and oxygen atoms in total. The van der Waals surface area contributed by atoms with Crippen molar-refractivity contribution < 1.29 is 18.0 Å². The third-order valence-corrected chi connectivity index (χ3v) is 4.52. The summed E-state index contributed by atoms with van der Waals surface area (Å²) >= 11 is 0. The van der Waals surface area contributed by atoms with Gasteiger partial charge in [-0.3, -0.25) is 9.69 Å². The van der Waals surface area contributed by atoms with Crippen LogP contribution in [-0.4, -0.2) is 67.7 Å². The number of alkyl halides is 3. The van der Waals surface area contributed by atoms with Crippen LogP contribution < -0.4 is 4.90 Å². The molecule has 0 N–H and O–H groups in total. The van der Waals surface area contributed by atoms with Gasteiger partial charge < -0.3 is 9.80 Å². The fourth-order valence-corrected chi connectivity index (χ4v) is 3.17. The summed E-state index contributed by atoms with van der Waals surface area (Å²) in [5.41, 5.74) is 1.65. The van der Waals surface area contributed by atoms with Crippen molar-refractivity contribution in [2.45, 2.75) is 26.4 Å². The number of nitrogens with zero attached hydrogens (tertiary/aromatic N) is 3. The zero-order valence-corrected chi connectivity index (χ0v) is 14.9. The molecule has 0 radical (unpaired) electrons. The van der Waals surface area contributed by atoms with Crippen LogP contribution in [0.4, 0.5) is 18.9 Å². The van der Waals surface area contributed by atoms with Crippen LogP contribution in [0.5, 0.6) is 0 Å². The molecular weight excluding hydrogens is 331 g/mol. The lowest BCUT2D eigenvalue weighted by molar-refractivity contribution is -0.145. The van der Waals surface area contributed by atoms with Crippen molar-refractivity contribution in [3.8, 4) is 0 Å². The van der Waals surface area contributed by atoms with Crippen LogP contribution in [0.25, 0.3) is 0 Å². The molecule has 0 bridgehead atoms.